The van der Waals surface area contributed by atoms with E-state index in [4.69, 9.17) is 14.2 Å². The number of nitrogens with zero attached hydrogens (tertiary/aromatic N) is 4. The molecule has 0 atom stereocenters. The summed E-state index contributed by atoms with van der Waals surface area (Å²) < 4.78 is 19.9. The van der Waals surface area contributed by atoms with Crippen LogP contribution in [0, 0.1) is 6.92 Å². The molecule has 0 spiro atoms. The number of thioether (sulfide) groups is 1. The highest BCUT2D eigenvalue weighted by Crippen LogP contribution is 2.31. The molecule has 6 aromatic rings. The normalized spacial score (nSPS) is 11.0. The maximum absolute atomic E-state index is 13.0. The molecule has 44 heavy (non-hydrogen) atoms. The van der Waals surface area contributed by atoms with Gasteiger partial charge in [0.25, 0.3) is 0 Å². The number of carbonyl (C=O) groups is 1. The molecule has 0 bridgehead atoms. The summed E-state index contributed by atoms with van der Waals surface area (Å²) in [6, 6.07) is 29.1. The topological polar surface area (TPSA) is 100 Å². The van der Waals surface area contributed by atoms with Crippen LogP contribution in [-0.2, 0) is 11.2 Å². The van der Waals surface area contributed by atoms with Gasteiger partial charge in [0.1, 0.15) is 17.3 Å². The molecule has 222 valence electrons. The van der Waals surface area contributed by atoms with Crippen molar-refractivity contribution in [1.82, 2.24) is 19.7 Å². The largest absolute Gasteiger partial charge is 0.493 e. The highest BCUT2D eigenvalue weighted by molar-refractivity contribution is 7.99. The first kappa shape index (κ1) is 29.2. The molecule has 2 heterocycles. The fraction of sp³-hybridized carbons (Fsp3) is 0.152. The van der Waals surface area contributed by atoms with Gasteiger partial charge in [0.2, 0.25) is 5.91 Å². The van der Waals surface area contributed by atoms with Crippen LogP contribution in [0.2, 0.25) is 0 Å². The molecule has 4 aromatic carbocycles. The molecule has 0 saturated heterocycles. The Hall–Kier alpha value is -4.87. The van der Waals surface area contributed by atoms with Gasteiger partial charge in [-0.05, 0) is 78.7 Å². The van der Waals surface area contributed by atoms with Gasteiger partial charge in [-0.2, -0.15) is 0 Å². The Morgan fingerprint density at radius 1 is 0.886 bits per heavy atom. The zero-order chi connectivity index (χ0) is 30.5. The maximum atomic E-state index is 13.0. The van der Waals surface area contributed by atoms with Crippen molar-refractivity contribution >= 4 is 44.4 Å². The van der Waals surface area contributed by atoms with Gasteiger partial charge in [0.15, 0.2) is 21.8 Å². The Labute approximate surface area is 262 Å². The minimum absolute atomic E-state index is 0.138. The van der Waals surface area contributed by atoms with Crippen LogP contribution in [0.15, 0.2) is 96.2 Å². The zero-order valence-electron chi connectivity index (χ0n) is 24.3. The predicted octanol–water partition coefficient (Wildman–Crippen LogP) is 7.32. The average molecular weight is 624 g/mol. The molecule has 2 aromatic heterocycles. The third-order valence-electron chi connectivity index (χ3n) is 6.71. The number of hydrogen-bond donors (Lipinski definition) is 1. The van der Waals surface area contributed by atoms with Gasteiger partial charge in [-0.3, -0.25) is 9.36 Å². The molecule has 6 rings (SSSR count). The van der Waals surface area contributed by atoms with E-state index in [0.717, 1.165) is 32.8 Å². The third-order valence-corrected chi connectivity index (χ3v) is 8.57. The first-order chi connectivity index (χ1) is 21.5. The average Bonchev–Trinajstić information content (AvgIpc) is 3.63. The molecule has 0 unspecified atom stereocenters. The van der Waals surface area contributed by atoms with Gasteiger partial charge in [-0.1, -0.05) is 53.4 Å². The van der Waals surface area contributed by atoms with Gasteiger partial charge < -0.3 is 19.5 Å². The van der Waals surface area contributed by atoms with Gasteiger partial charge in [0, 0.05) is 12.1 Å². The van der Waals surface area contributed by atoms with E-state index in [2.05, 4.69) is 26.6 Å². The number of hydrogen-bond acceptors (Lipinski definition) is 9. The summed E-state index contributed by atoms with van der Waals surface area (Å²) in [5.41, 5.74) is 3.83. The van der Waals surface area contributed by atoms with E-state index < -0.39 is 0 Å². The van der Waals surface area contributed by atoms with Crippen molar-refractivity contribution in [3.63, 3.8) is 0 Å². The monoisotopic (exact) mass is 623 g/mol. The number of aromatic nitrogens is 4. The lowest BCUT2D eigenvalue weighted by Gasteiger charge is -2.13. The van der Waals surface area contributed by atoms with Crippen LogP contribution in [-0.4, -0.2) is 45.6 Å². The van der Waals surface area contributed by atoms with E-state index in [-0.39, 0.29) is 11.7 Å². The van der Waals surface area contributed by atoms with Gasteiger partial charge in [-0.15, -0.1) is 10.2 Å². The minimum atomic E-state index is -0.173. The number of benzene rings is 4. The number of carbonyl (C=O) groups excluding carboxylic acids is 1. The van der Waals surface area contributed by atoms with Crippen molar-refractivity contribution in [3.05, 3.63) is 108 Å². The van der Waals surface area contributed by atoms with Crippen molar-refractivity contribution in [2.45, 2.75) is 18.5 Å². The summed E-state index contributed by atoms with van der Waals surface area (Å²) in [6.07, 6.45) is 0.480. The molecule has 0 fully saturated rings. The lowest BCUT2D eigenvalue weighted by Crippen LogP contribution is -2.14. The number of amides is 1. The molecule has 11 heteroatoms. The Morgan fingerprint density at radius 2 is 1.66 bits per heavy atom. The second-order valence-corrected chi connectivity index (χ2v) is 11.8. The highest BCUT2D eigenvalue weighted by atomic mass is 32.2. The molecule has 0 saturated carbocycles. The molecular formula is C33H29N5O4S2. The highest BCUT2D eigenvalue weighted by Gasteiger charge is 2.18. The number of aryl methyl sites for hydroxylation is 1. The van der Waals surface area contributed by atoms with Crippen molar-refractivity contribution in [1.29, 1.82) is 0 Å². The number of fused-ring (bicyclic) bond motifs is 1. The fourth-order valence-electron chi connectivity index (χ4n) is 4.60. The number of rotatable bonds is 11. The van der Waals surface area contributed by atoms with Gasteiger partial charge in [-0.25, -0.2) is 4.98 Å². The molecule has 0 aliphatic carbocycles. The Bertz CT molecular complexity index is 1910. The molecule has 1 N–H and O–H groups in total. The summed E-state index contributed by atoms with van der Waals surface area (Å²) in [7, 11) is 3.22. The first-order valence-electron chi connectivity index (χ1n) is 13.8. The van der Waals surface area contributed by atoms with E-state index in [1.165, 1.54) is 23.1 Å². The van der Waals surface area contributed by atoms with Crippen molar-refractivity contribution < 1.29 is 19.0 Å². The SMILES string of the molecule is COc1ccc(Cc2nnc(SCC(=O)Nc3nc4ccc(C)cc4s3)n2-c2ccc(Oc3ccccc3)cc2)cc1OC. The fourth-order valence-corrected chi connectivity index (χ4v) is 6.35. The summed E-state index contributed by atoms with van der Waals surface area (Å²) in [5.74, 6) is 3.41. The number of anilines is 1. The first-order valence-corrected chi connectivity index (χ1v) is 15.6. The summed E-state index contributed by atoms with van der Waals surface area (Å²) in [4.78, 5) is 17.5. The summed E-state index contributed by atoms with van der Waals surface area (Å²) in [5, 5.41) is 13.1. The van der Waals surface area contributed by atoms with E-state index >= 15 is 0 Å². The summed E-state index contributed by atoms with van der Waals surface area (Å²) >= 11 is 2.77. The molecule has 0 aliphatic heterocycles. The minimum Gasteiger partial charge on any atom is -0.493 e. The maximum Gasteiger partial charge on any atom is 0.236 e. The number of methoxy groups -OCH3 is 2. The van der Waals surface area contributed by atoms with Gasteiger partial charge in [0.05, 0.1) is 30.2 Å². The summed E-state index contributed by atoms with van der Waals surface area (Å²) in [6.45, 7) is 2.04. The predicted molar refractivity (Wildman–Crippen MR) is 174 cm³/mol. The Kier molecular flexibility index (Phi) is 8.76. The van der Waals surface area contributed by atoms with Crippen LogP contribution in [0.3, 0.4) is 0 Å². The van der Waals surface area contributed by atoms with Crippen LogP contribution in [0.1, 0.15) is 17.0 Å². The van der Waals surface area contributed by atoms with Crippen LogP contribution in [0.4, 0.5) is 5.13 Å². The van der Waals surface area contributed by atoms with E-state index in [1.54, 1.807) is 14.2 Å². The van der Waals surface area contributed by atoms with E-state index in [1.807, 2.05) is 96.4 Å². The Balaban J connectivity index is 1.24. The van der Waals surface area contributed by atoms with Crippen LogP contribution >= 0.6 is 23.1 Å². The number of ether oxygens (including phenoxy) is 3. The number of para-hydroxylation sites is 1. The molecule has 0 radical (unpaired) electrons. The standard InChI is InChI=1S/C33H29N5O4S2/c1-21-9-15-26-29(17-21)44-32(34-26)35-31(39)20-43-33-37-36-30(19-22-10-16-27(40-2)28(18-22)41-3)38(33)23-11-13-25(14-12-23)42-24-7-5-4-6-8-24/h4-18H,19-20H2,1-3H3,(H,34,35,39). The third kappa shape index (κ3) is 6.69. The smallest absolute Gasteiger partial charge is 0.236 e. The van der Waals surface area contributed by atoms with Crippen molar-refractivity contribution in [2.24, 2.45) is 0 Å². The molecular weight excluding hydrogens is 595 g/mol. The van der Waals surface area contributed by atoms with Crippen molar-refractivity contribution in [3.8, 4) is 28.7 Å². The zero-order valence-corrected chi connectivity index (χ0v) is 25.9. The second-order valence-electron chi connectivity index (χ2n) is 9.84. The lowest BCUT2D eigenvalue weighted by atomic mass is 10.1. The molecule has 1 amide bonds. The van der Waals surface area contributed by atoms with Gasteiger partial charge >= 0.3 is 0 Å². The molecule has 0 aliphatic rings. The van der Waals surface area contributed by atoms with Crippen molar-refractivity contribution in [2.75, 3.05) is 25.3 Å². The number of nitrogens with one attached hydrogen (secondary N) is 1. The van der Waals surface area contributed by atoms with Crippen LogP contribution in [0.5, 0.6) is 23.0 Å². The van der Waals surface area contributed by atoms with Crippen LogP contribution < -0.4 is 19.5 Å². The number of thiazole rings is 1. The lowest BCUT2D eigenvalue weighted by molar-refractivity contribution is -0.113. The van der Waals surface area contributed by atoms with E-state index in [0.29, 0.717) is 39.8 Å². The second kappa shape index (κ2) is 13.2. The van der Waals surface area contributed by atoms with E-state index in [9.17, 15) is 4.79 Å². The Morgan fingerprint density at radius 3 is 2.43 bits per heavy atom. The molecule has 9 nitrogen and oxygen atoms in total. The quantitative estimate of drug-likeness (QED) is 0.150. The van der Waals surface area contributed by atoms with Crippen LogP contribution in [0.25, 0.3) is 15.9 Å².